The van der Waals surface area contributed by atoms with Gasteiger partial charge >= 0.3 is 0 Å². The molecule has 1 heteroatoms. The standard InChI is InChI=1S/C19H25N/c1-4-9-19(17-12-6-5-7-13-17)20-14-18-15(2)10-8-11-16(18)3/h5-8,10-13,19-20H,4,9,14H2,1-3H3. The van der Waals surface area contributed by atoms with E-state index >= 15 is 0 Å². The first-order valence-corrected chi connectivity index (χ1v) is 7.55. The minimum atomic E-state index is 0.445. The van der Waals surface area contributed by atoms with Gasteiger partial charge in [0.25, 0.3) is 0 Å². The monoisotopic (exact) mass is 267 g/mol. The lowest BCUT2D eigenvalue weighted by Gasteiger charge is -2.20. The van der Waals surface area contributed by atoms with Crippen molar-refractivity contribution in [1.29, 1.82) is 0 Å². The Morgan fingerprint density at radius 2 is 1.55 bits per heavy atom. The molecule has 2 rings (SSSR count). The SMILES string of the molecule is CCCC(NCc1c(C)cccc1C)c1ccccc1. The topological polar surface area (TPSA) is 12.0 Å². The van der Waals surface area contributed by atoms with Gasteiger partial charge in [-0.2, -0.15) is 0 Å². The molecule has 0 aliphatic rings. The minimum Gasteiger partial charge on any atom is -0.306 e. The van der Waals surface area contributed by atoms with E-state index in [2.05, 4.69) is 74.6 Å². The Morgan fingerprint density at radius 3 is 2.15 bits per heavy atom. The zero-order chi connectivity index (χ0) is 14.4. The molecule has 1 N–H and O–H groups in total. The van der Waals surface area contributed by atoms with Crippen LogP contribution in [0.4, 0.5) is 0 Å². The van der Waals surface area contributed by atoms with Crippen molar-refractivity contribution in [3.8, 4) is 0 Å². The van der Waals surface area contributed by atoms with Crippen LogP contribution in [0.25, 0.3) is 0 Å². The molecule has 20 heavy (non-hydrogen) atoms. The highest BCUT2D eigenvalue weighted by Gasteiger charge is 2.10. The Kier molecular flexibility index (Phi) is 5.37. The molecule has 0 amide bonds. The third kappa shape index (κ3) is 3.71. The van der Waals surface area contributed by atoms with Crippen molar-refractivity contribution >= 4 is 0 Å². The lowest BCUT2D eigenvalue weighted by atomic mass is 9.99. The van der Waals surface area contributed by atoms with Crippen LogP contribution < -0.4 is 5.32 Å². The molecule has 1 unspecified atom stereocenters. The Hall–Kier alpha value is -1.60. The molecule has 1 nitrogen and oxygen atoms in total. The fourth-order valence-corrected chi connectivity index (χ4v) is 2.71. The number of hydrogen-bond acceptors (Lipinski definition) is 1. The van der Waals surface area contributed by atoms with Crippen molar-refractivity contribution in [2.45, 2.75) is 46.2 Å². The largest absolute Gasteiger partial charge is 0.306 e. The van der Waals surface area contributed by atoms with Crippen LogP contribution >= 0.6 is 0 Å². The fourth-order valence-electron chi connectivity index (χ4n) is 2.71. The lowest BCUT2D eigenvalue weighted by Crippen LogP contribution is -2.21. The third-order valence-electron chi connectivity index (χ3n) is 3.95. The van der Waals surface area contributed by atoms with E-state index in [0.717, 1.165) is 6.54 Å². The first-order chi connectivity index (χ1) is 9.72. The molecular weight excluding hydrogens is 242 g/mol. The zero-order valence-corrected chi connectivity index (χ0v) is 12.8. The van der Waals surface area contributed by atoms with Gasteiger partial charge in [-0.25, -0.2) is 0 Å². The van der Waals surface area contributed by atoms with Gasteiger partial charge in [-0.1, -0.05) is 61.9 Å². The second-order valence-electron chi connectivity index (χ2n) is 5.50. The Labute approximate surface area is 123 Å². The average Bonchev–Trinajstić information content (AvgIpc) is 2.46. The summed E-state index contributed by atoms with van der Waals surface area (Å²) in [5.74, 6) is 0. The summed E-state index contributed by atoms with van der Waals surface area (Å²) in [5, 5.41) is 3.73. The highest BCUT2D eigenvalue weighted by molar-refractivity contribution is 5.33. The van der Waals surface area contributed by atoms with Crippen molar-refractivity contribution < 1.29 is 0 Å². The number of benzene rings is 2. The predicted octanol–water partition coefficient (Wildman–Crippen LogP) is 4.93. The van der Waals surface area contributed by atoms with E-state index in [0.29, 0.717) is 6.04 Å². The maximum absolute atomic E-state index is 3.73. The maximum atomic E-state index is 3.73. The summed E-state index contributed by atoms with van der Waals surface area (Å²) in [4.78, 5) is 0. The Morgan fingerprint density at radius 1 is 0.900 bits per heavy atom. The zero-order valence-electron chi connectivity index (χ0n) is 12.8. The highest BCUT2D eigenvalue weighted by atomic mass is 14.9. The number of hydrogen-bond donors (Lipinski definition) is 1. The van der Waals surface area contributed by atoms with E-state index in [-0.39, 0.29) is 0 Å². The van der Waals surface area contributed by atoms with Crippen molar-refractivity contribution in [1.82, 2.24) is 5.32 Å². The molecule has 0 fully saturated rings. The van der Waals surface area contributed by atoms with E-state index in [9.17, 15) is 0 Å². The molecule has 0 bridgehead atoms. The van der Waals surface area contributed by atoms with Crippen molar-refractivity contribution in [3.63, 3.8) is 0 Å². The number of nitrogens with one attached hydrogen (secondary N) is 1. The molecule has 0 saturated heterocycles. The van der Waals surface area contributed by atoms with Crippen molar-refractivity contribution in [2.24, 2.45) is 0 Å². The summed E-state index contributed by atoms with van der Waals surface area (Å²) in [5.41, 5.74) is 5.58. The summed E-state index contributed by atoms with van der Waals surface area (Å²) in [7, 11) is 0. The molecule has 0 radical (unpaired) electrons. The average molecular weight is 267 g/mol. The van der Waals surface area contributed by atoms with Crippen LogP contribution in [-0.4, -0.2) is 0 Å². The van der Waals surface area contributed by atoms with Gasteiger partial charge in [0.15, 0.2) is 0 Å². The van der Waals surface area contributed by atoms with E-state index < -0.39 is 0 Å². The fraction of sp³-hybridized carbons (Fsp3) is 0.368. The van der Waals surface area contributed by atoms with E-state index in [1.54, 1.807) is 0 Å². The molecule has 106 valence electrons. The third-order valence-corrected chi connectivity index (χ3v) is 3.95. The highest BCUT2D eigenvalue weighted by Crippen LogP contribution is 2.20. The summed E-state index contributed by atoms with van der Waals surface area (Å²) < 4.78 is 0. The van der Waals surface area contributed by atoms with E-state index in [1.165, 1.54) is 35.1 Å². The van der Waals surface area contributed by atoms with Crippen LogP contribution in [0, 0.1) is 13.8 Å². The molecule has 0 aromatic heterocycles. The molecular formula is C19H25N. The minimum absolute atomic E-state index is 0.445. The van der Waals surface area contributed by atoms with Crippen LogP contribution in [-0.2, 0) is 6.54 Å². The summed E-state index contributed by atoms with van der Waals surface area (Å²) >= 11 is 0. The second kappa shape index (κ2) is 7.25. The van der Waals surface area contributed by atoms with Gasteiger partial charge in [-0.3, -0.25) is 0 Å². The van der Waals surface area contributed by atoms with Gasteiger partial charge in [0.05, 0.1) is 0 Å². The molecule has 2 aromatic rings. The van der Waals surface area contributed by atoms with Crippen molar-refractivity contribution in [3.05, 3.63) is 70.8 Å². The summed E-state index contributed by atoms with van der Waals surface area (Å²) in [6.45, 7) is 7.58. The Bertz CT molecular complexity index is 510. The van der Waals surface area contributed by atoms with Gasteiger partial charge in [-0.05, 0) is 42.5 Å². The smallest absolute Gasteiger partial charge is 0.0323 e. The number of rotatable bonds is 6. The van der Waals surface area contributed by atoms with Crippen LogP contribution in [0.2, 0.25) is 0 Å². The van der Waals surface area contributed by atoms with E-state index in [4.69, 9.17) is 0 Å². The van der Waals surface area contributed by atoms with E-state index in [1.807, 2.05) is 0 Å². The molecule has 2 aromatic carbocycles. The van der Waals surface area contributed by atoms with Gasteiger partial charge in [0, 0.05) is 12.6 Å². The molecule has 0 aliphatic heterocycles. The van der Waals surface area contributed by atoms with Gasteiger partial charge < -0.3 is 5.32 Å². The first-order valence-electron chi connectivity index (χ1n) is 7.55. The van der Waals surface area contributed by atoms with Crippen molar-refractivity contribution in [2.75, 3.05) is 0 Å². The first kappa shape index (κ1) is 14.8. The molecule has 1 atom stereocenters. The summed E-state index contributed by atoms with van der Waals surface area (Å²) in [6, 6.07) is 17.7. The quantitative estimate of drug-likeness (QED) is 0.782. The van der Waals surface area contributed by atoms with Gasteiger partial charge in [-0.15, -0.1) is 0 Å². The summed E-state index contributed by atoms with van der Waals surface area (Å²) in [6.07, 6.45) is 2.37. The Balaban J connectivity index is 2.10. The predicted molar refractivity (Wildman–Crippen MR) is 86.8 cm³/mol. The maximum Gasteiger partial charge on any atom is 0.0323 e. The molecule has 0 aliphatic carbocycles. The van der Waals surface area contributed by atoms with Crippen LogP contribution in [0.3, 0.4) is 0 Å². The molecule has 0 saturated carbocycles. The second-order valence-corrected chi connectivity index (χ2v) is 5.50. The van der Waals surface area contributed by atoms with Gasteiger partial charge in [0.1, 0.15) is 0 Å². The number of aryl methyl sites for hydroxylation is 2. The molecule has 0 heterocycles. The van der Waals surface area contributed by atoms with Gasteiger partial charge in [0.2, 0.25) is 0 Å². The lowest BCUT2D eigenvalue weighted by molar-refractivity contribution is 0.492. The normalized spacial score (nSPS) is 12.3. The van der Waals surface area contributed by atoms with Crippen LogP contribution in [0.15, 0.2) is 48.5 Å². The van der Waals surface area contributed by atoms with Crippen LogP contribution in [0.5, 0.6) is 0 Å². The molecule has 0 spiro atoms. The van der Waals surface area contributed by atoms with Crippen LogP contribution in [0.1, 0.15) is 48.1 Å².